The Morgan fingerprint density at radius 3 is 2.42 bits per heavy atom. The maximum Gasteiger partial charge on any atom is 0.397 e. The van der Waals surface area contributed by atoms with Crippen molar-refractivity contribution in [1.82, 2.24) is 0 Å². The minimum Gasteiger partial charge on any atom is -0.393 e. The molecule has 0 aliphatic heterocycles. The van der Waals surface area contributed by atoms with Crippen molar-refractivity contribution in [3.8, 4) is 0 Å². The lowest BCUT2D eigenvalue weighted by Crippen LogP contribution is -2.58. The van der Waals surface area contributed by atoms with Crippen LogP contribution in [0.4, 0.5) is 4.39 Å². The first-order valence-corrected chi connectivity index (χ1v) is 14.2. The summed E-state index contributed by atoms with van der Waals surface area (Å²) in [7, 11) is -4.47. The fraction of sp³-hybridized carbons (Fsp3) is 0.960. The zero-order valence-electron chi connectivity index (χ0n) is 20.2. The summed E-state index contributed by atoms with van der Waals surface area (Å²) in [5.41, 5.74) is 0.177. The molecule has 0 aromatic rings. The second-order valence-electron chi connectivity index (χ2n) is 12.1. The molecule has 8 heteroatoms. The van der Waals surface area contributed by atoms with Gasteiger partial charge >= 0.3 is 10.4 Å². The molecule has 0 aromatic carbocycles. The van der Waals surface area contributed by atoms with Gasteiger partial charge in [-0.05, 0) is 104 Å². The lowest BCUT2D eigenvalue weighted by atomic mass is 9.43. The van der Waals surface area contributed by atoms with Gasteiger partial charge in [-0.3, -0.25) is 9.35 Å². The summed E-state index contributed by atoms with van der Waals surface area (Å²) in [5.74, 6) is 1.82. The largest absolute Gasteiger partial charge is 0.397 e. The van der Waals surface area contributed by atoms with E-state index in [9.17, 15) is 22.7 Å². The molecule has 0 aromatic heterocycles. The molecule has 10 atom stereocenters. The van der Waals surface area contributed by atoms with E-state index in [2.05, 4.69) is 20.8 Å². The topological polar surface area (TPSA) is 101 Å². The Hall–Kier alpha value is -0.570. The van der Waals surface area contributed by atoms with Crippen molar-refractivity contribution < 1.29 is 31.4 Å². The summed E-state index contributed by atoms with van der Waals surface area (Å²) in [4.78, 5) is 11.5. The molecule has 33 heavy (non-hydrogen) atoms. The van der Waals surface area contributed by atoms with Gasteiger partial charge in [0.15, 0.2) is 5.78 Å². The zero-order valence-corrected chi connectivity index (χ0v) is 21.0. The molecule has 190 valence electrons. The summed E-state index contributed by atoms with van der Waals surface area (Å²) in [6.07, 6.45) is 7.14. The number of aliphatic hydroxyl groups excluding tert-OH is 1. The highest BCUT2D eigenvalue weighted by Gasteiger charge is 2.63. The molecule has 10 unspecified atom stereocenters. The average Bonchev–Trinajstić information content (AvgIpc) is 3.09. The molecule has 4 saturated carbocycles. The Bertz CT molecular complexity index is 848. The maximum atomic E-state index is 12.6. The predicted octanol–water partition coefficient (Wildman–Crippen LogP) is 4.76. The Balaban J connectivity index is 1.50. The van der Waals surface area contributed by atoms with Crippen LogP contribution in [0.5, 0.6) is 0 Å². The van der Waals surface area contributed by atoms with Gasteiger partial charge in [-0.2, -0.15) is 8.42 Å². The first-order valence-electron chi connectivity index (χ1n) is 12.8. The van der Waals surface area contributed by atoms with E-state index >= 15 is 0 Å². The van der Waals surface area contributed by atoms with Crippen LogP contribution >= 0.6 is 0 Å². The fourth-order valence-corrected chi connectivity index (χ4v) is 9.59. The summed E-state index contributed by atoms with van der Waals surface area (Å²) in [6, 6.07) is 0. The van der Waals surface area contributed by atoms with Crippen molar-refractivity contribution in [2.24, 2.45) is 46.3 Å². The van der Waals surface area contributed by atoms with Gasteiger partial charge in [0.25, 0.3) is 0 Å². The van der Waals surface area contributed by atoms with Gasteiger partial charge in [-0.15, -0.1) is 0 Å². The number of hydrogen-bond donors (Lipinski definition) is 2. The third-order valence-corrected chi connectivity index (χ3v) is 11.2. The van der Waals surface area contributed by atoms with Crippen LogP contribution in [0.3, 0.4) is 0 Å². The van der Waals surface area contributed by atoms with Crippen LogP contribution in [0.25, 0.3) is 0 Å². The molecule has 0 radical (unpaired) electrons. The van der Waals surface area contributed by atoms with Crippen LogP contribution in [-0.4, -0.2) is 42.7 Å². The van der Waals surface area contributed by atoms with Gasteiger partial charge in [-0.1, -0.05) is 20.8 Å². The average molecular weight is 489 g/mol. The Morgan fingerprint density at radius 2 is 1.76 bits per heavy atom. The highest BCUT2D eigenvalue weighted by molar-refractivity contribution is 7.80. The molecule has 0 spiro atoms. The van der Waals surface area contributed by atoms with Crippen LogP contribution < -0.4 is 0 Å². The number of Topliss-reactive ketones (excluding diaryl/α,β-unsaturated/α-hetero) is 1. The van der Waals surface area contributed by atoms with Crippen molar-refractivity contribution in [3.63, 3.8) is 0 Å². The fourth-order valence-electron chi connectivity index (χ4n) is 9.07. The van der Waals surface area contributed by atoms with Crippen LogP contribution in [0.2, 0.25) is 0 Å². The van der Waals surface area contributed by atoms with Crippen LogP contribution in [0.15, 0.2) is 0 Å². The van der Waals surface area contributed by atoms with E-state index in [4.69, 9.17) is 8.74 Å². The number of ketones is 1. The van der Waals surface area contributed by atoms with Gasteiger partial charge in [-0.25, -0.2) is 8.57 Å². The molecule has 4 aliphatic rings. The lowest BCUT2D eigenvalue weighted by molar-refractivity contribution is -0.172. The van der Waals surface area contributed by atoms with Crippen LogP contribution in [0, 0.1) is 46.3 Å². The molecule has 2 N–H and O–H groups in total. The number of carbonyl (C=O) groups is 1. The smallest absolute Gasteiger partial charge is 0.393 e. The van der Waals surface area contributed by atoms with E-state index in [0.29, 0.717) is 49.4 Å². The Labute approximate surface area is 198 Å². The number of alkyl halides is 1. The summed E-state index contributed by atoms with van der Waals surface area (Å²) in [5, 5.41) is 11.4. The maximum absolute atomic E-state index is 12.6. The minimum absolute atomic E-state index is 0.0432. The first kappa shape index (κ1) is 25.5. The number of carbonyl (C=O) groups excluding carboxylic acids is 1. The highest BCUT2D eigenvalue weighted by atomic mass is 32.3. The molecule has 4 aliphatic carbocycles. The lowest BCUT2D eigenvalue weighted by Gasteiger charge is -2.62. The Morgan fingerprint density at radius 1 is 1.09 bits per heavy atom. The SMILES string of the molecule is CC(CCC(=O)CF)C1CCC2C3C(O)CC4CC(OS(=O)(=O)O)CCC4(C)C3CCC12C. The van der Waals surface area contributed by atoms with Crippen molar-refractivity contribution in [2.75, 3.05) is 6.67 Å². The van der Waals surface area contributed by atoms with Gasteiger partial charge in [0.1, 0.15) is 6.67 Å². The highest BCUT2D eigenvalue weighted by Crippen LogP contribution is 2.68. The van der Waals surface area contributed by atoms with Crippen molar-refractivity contribution >= 4 is 16.2 Å². The molecule has 0 amide bonds. The van der Waals surface area contributed by atoms with Crippen molar-refractivity contribution in [3.05, 3.63) is 0 Å². The van der Waals surface area contributed by atoms with Crippen LogP contribution in [-0.2, 0) is 19.4 Å². The molecule has 0 heterocycles. The quantitative estimate of drug-likeness (QED) is 0.501. The standard InChI is InChI=1S/C25H41FO6S/c1-15(4-5-17(27)14-26)19-6-7-20-23-21(9-11-25(19,20)3)24(2)10-8-18(32-33(29,30)31)12-16(24)13-22(23)28/h15-16,18-23,28H,4-14H2,1-3H3,(H,29,30,31). The molecule has 0 saturated heterocycles. The van der Waals surface area contributed by atoms with Crippen molar-refractivity contribution in [1.29, 1.82) is 0 Å². The van der Waals surface area contributed by atoms with Gasteiger partial charge in [0.2, 0.25) is 0 Å². The molecule has 6 nitrogen and oxygen atoms in total. The van der Waals surface area contributed by atoms with E-state index in [1.54, 1.807) is 0 Å². The van der Waals surface area contributed by atoms with Crippen molar-refractivity contribution in [2.45, 2.75) is 97.2 Å². The van der Waals surface area contributed by atoms with Gasteiger partial charge < -0.3 is 5.11 Å². The second kappa shape index (κ2) is 9.14. The summed E-state index contributed by atoms with van der Waals surface area (Å²) in [6.45, 7) is 6.05. The van der Waals surface area contributed by atoms with Gasteiger partial charge in [0, 0.05) is 6.42 Å². The molecular formula is C25H41FO6S. The van der Waals surface area contributed by atoms with Crippen LogP contribution in [0.1, 0.15) is 85.0 Å². The van der Waals surface area contributed by atoms with E-state index in [1.807, 2.05) is 0 Å². The van der Waals surface area contributed by atoms with E-state index in [1.165, 1.54) is 0 Å². The van der Waals surface area contributed by atoms with Gasteiger partial charge in [0.05, 0.1) is 12.2 Å². The third kappa shape index (κ3) is 4.66. The van der Waals surface area contributed by atoms with E-state index in [-0.39, 0.29) is 28.4 Å². The molecular weight excluding hydrogens is 447 g/mol. The third-order valence-electron chi connectivity index (χ3n) is 10.7. The first-order chi connectivity index (χ1) is 15.4. The second-order valence-corrected chi connectivity index (χ2v) is 13.2. The number of aliphatic hydroxyl groups is 1. The van der Waals surface area contributed by atoms with E-state index in [0.717, 1.165) is 38.5 Å². The predicted molar refractivity (Wildman–Crippen MR) is 122 cm³/mol. The summed E-state index contributed by atoms with van der Waals surface area (Å²) < 4.78 is 49.1. The molecule has 4 fully saturated rings. The van der Waals surface area contributed by atoms with E-state index < -0.39 is 29.3 Å². The number of halogens is 1. The normalized spacial score (nSPS) is 46.2. The minimum atomic E-state index is -4.47. The molecule has 0 bridgehead atoms. The number of hydrogen-bond acceptors (Lipinski definition) is 5. The monoisotopic (exact) mass is 488 g/mol. The number of fused-ring (bicyclic) bond motifs is 5. The summed E-state index contributed by atoms with van der Waals surface area (Å²) >= 11 is 0. The molecule has 4 rings (SSSR count). The Kier molecular flexibility index (Phi) is 7.07. The number of rotatable bonds is 7. The zero-order chi connectivity index (χ0) is 24.2.